The third kappa shape index (κ3) is 2.15. The van der Waals surface area contributed by atoms with Gasteiger partial charge in [-0.1, -0.05) is 15.9 Å². The van der Waals surface area contributed by atoms with Gasteiger partial charge in [-0.2, -0.15) is 0 Å². The van der Waals surface area contributed by atoms with Crippen molar-refractivity contribution in [2.75, 3.05) is 6.54 Å². The molecule has 1 heterocycles. The Bertz CT molecular complexity index is 548. The second-order valence-electron chi connectivity index (χ2n) is 3.28. The fraction of sp³-hybridized carbons (Fsp3) is 0.182. The molecule has 0 bridgehead atoms. The zero-order valence-corrected chi connectivity index (χ0v) is 11.7. The molecule has 0 saturated heterocycles. The van der Waals surface area contributed by atoms with Gasteiger partial charge in [0.05, 0.1) is 4.47 Å². The van der Waals surface area contributed by atoms with E-state index in [2.05, 4.69) is 37.2 Å². The molecule has 1 aromatic carbocycles. The van der Waals surface area contributed by atoms with Gasteiger partial charge in [0.2, 0.25) is 0 Å². The highest BCUT2D eigenvalue weighted by atomic mass is 79.9. The fourth-order valence-electron chi connectivity index (χ4n) is 1.44. The number of amides is 1. The lowest BCUT2D eigenvalue weighted by Crippen LogP contribution is -2.21. The quantitative estimate of drug-likeness (QED) is 0.900. The first kappa shape index (κ1) is 11.7. The van der Waals surface area contributed by atoms with E-state index in [0.29, 0.717) is 17.9 Å². The molecule has 0 unspecified atom stereocenters. The molecule has 1 amide bonds. The second-order valence-corrected chi connectivity index (χ2v) is 5.05. The monoisotopic (exact) mass is 345 g/mol. The van der Waals surface area contributed by atoms with Crippen LogP contribution in [0.1, 0.15) is 17.5 Å². The molecular formula is C11H9Br2NO2. The standard InChI is InChI=1S/C11H9Br2NO2/c1-2-14-11(15)9-4-6-3-7(12)5-8(13)10(6)16-9/h3-5H,2H2,1H3,(H,14,15). The van der Waals surface area contributed by atoms with Crippen LogP contribution in [0.5, 0.6) is 0 Å². The van der Waals surface area contributed by atoms with Crippen LogP contribution in [0, 0.1) is 0 Å². The summed E-state index contributed by atoms with van der Waals surface area (Å²) in [6, 6.07) is 5.52. The lowest BCUT2D eigenvalue weighted by atomic mass is 10.2. The predicted octanol–water partition coefficient (Wildman–Crippen LogP) is 3.71. The van der Waals surface area contributed by atoms with E-state index in [1.165, 1.54) is 0 Å². The molecule has 0 aliphatic heterocycles. The molecule has 16 heavy (non-hydrogen) atoms. The van der Waals surface area contributed by atoms with E-state index in [4.69, 9.17) is 4.42 Å². The summed E-state index contributed by atoms with van der Waals surface area (Å²) in [7, 11) is 0. The summed E-state index contributed by atoms with van der Waals surface area (Å²) in [5, 5.41) is 3.59. The van der Waals surface area contributed by atoms with E-state index in [-0.39, 0.29) is 5.91 Å². The third-order valence-electron chi connectivity index (χ3n) is 2.10. The number of fused-ring (bicyclic) bond motifs is 1. The molecule has 2 rings (SSSR count). The Hall–Kier alpha value is -0.810. The molecule has 0 radical (unpaired) electrons. The Morgan fingerprint density at radius 2 is 2.12 bits per heavy atom. The van der Waals surface area contributed by atoms with Gasteiger partial charge >= 0.3 is 0 Å². The summed E-state index contributed by atoms with van der Waals surface area (Å²) in [5.41, 5.74) is 0.685. The van der Waals surface area contributed by atoms with Gasteiger partial charge in [-0.25, -0.2) is 0 Å². The van der Waals surface area contributed by atoms with Crippen molar-refractivity contribution in [3.63, 3.8) is 0 Å². The Morgan fingerprint density at radius 1 is 1.38 bits per heavy atom. The summed E-state index contributed by atoms with van der Waals surface area (Å²) >= 11 is 6.78. The number of hydrogen-bond acceptors (Lipinski definition) is 2. The SMILES string of the molecule is CCNC(=O)c1cc2cc(Br)cc(Br)c2o1. The van der Waals surface area contributed by atoms with Gasteiger partial charge in [-0.3, -0.25) is 4.79 Å². The topological polar surface area (TPSA) is 42.2 Å². The fourth-order valence-corrected chi connectivity index (χ4v) is 2.77. The number of furan rings is 1. The first-order chi connectivity index (χ1) is 7.61. The molecule has 0 aliphatic rings. The van der Waals surface area contributed by atoms with Gasteiger partial charge in [0.1, 0.15) is 5.58 Å². The summed E-state index contributed by atoms with van der Waals surface area (Å²) in [4.78, 5) is 11.6. The van der Waals surface area contributed by atoms with Gasteiger partial charge in [0.25, 0.3) is 5.91 Å². The van der Waals surface area contributed by atoms with Crippen molar-refractivity contribution in [1.82, 2.24) is 5.32 Å². The molecule has 5 heteroatoms. The Balaban J connectivity index is 2.51. The first-order valence-corrected chi connectivity index (χ1v) is 6.37. The van der Waals surface area contributed by atoms with Crippen molar-refractivity contribution in [2.45, 2.75) is 6.92 Å². The molecule has 0 fully saturated rings. The van der Waals surface area contributed by atoms with E-state index in [9.17, 15) is 4.79 Å². The van der Waals surface area contributed by atoms with Crippen molar-refractivity contribution < 1.29 is 9.21 Å². The summed E-state index contributed by atoms with van der Waals surface area (Å²) < 4.78 is 7.25. The minimum absolute atomic E-state index is 0.193. The molecule has 0 aliphatic carbocycles. The molecule has 84 valence electrons. The molecule has 1 aromatic heterocycles. The largest absolute Gasteiger partial charge is 0.450 e. The number of hydrogen-bond donors (Lipinski definition) is 1. The number of benzene rings is 1. The average molecular weight is 347 g/mol. The minimum Gasteiger partial charge on any atom is -0.450 e. The molecule has 2 aromatic rings. The maximum Gasteiger partial charge on any atom is 0.287 e. The van der Waals surface area contributed by atoms with E-state index in [1.54, 1.807) is 6.07 Å². The molecule has 3 nitrogen and oxygen atoms in total. The zero-order chi connectivity index (χ0) is 11.7. The lowest BCUT2D eigenvalue weighted by Gasteiger charge is -1.96. The van der Waals surface area contributed by atoms with Crippen molar-refractivity contribution in [3.05, 3.63) is 32.9 Å². The van der Waals surface area contributed by atoms with E-state index in [0.717, 1.165) is 14.3 Å². The highest BCUT2D eigenvalue weighted by molar-refractivity contribution is 9.11. The molecular weight excluding hydrogens is 338 g/mol. The average Bonchev–Trinajstić information content (AvgIpc) is 2.62. The number of nitrogens with one attached hydrogen (secondary N) is 1. The van der Waals surface area contributed by atoms with Crippen LogP contribution in [0.2, 0.25) is 0 Å². The maximum absolute atomic E-state index is 11.6. The third-order valence-corrected chi connectivity index (χ3v) is 3.14. The van der Waals surface area contributed by atoms with Crippen LogP contribution >= 0.6 is 31.9 Å². The summed E-state index contributed by atoms with van der Waals surface area (Å²) in [5.74, 6) is 0.136. The summed E-state index contributed by atoms with van der Waals surface area (Å²) in [6.45, 7) is 2.45. The number of carbonyl (C=O) groups is 1. The molecule has 0 atom stereocenters. The van der Waals surface area contributed by atoms with Crippen LogP contribution in [0.15, 0.2) is 31.6 Å². The predicted molar refractivity (Wildman–Crippen MR) is 69.6 cm³/mol. The number of carbonyl (C=O) groups excluding carboxylic acids is 1. The van der Waals surface area contributed by atoms with Crippen LogP contribution in [0.3, 0.4) is 0 Å². The molecule has 0 saturated carbocycles. The van der Waals surface area contributed by atoms with Crippen LogP contribution in [0.4, 0.5) is 0 Å². The highest BCUT2D eigenvalue weighted by Crippen LogP contribution is 2.30. The van der Waals surface area contributed by atoms with Crippen molar-refractivity contribution in [1.29, 1.82) is 0 Å². The van der Waals surface area contributed by atoms with Gasteiger partial charge in [-0.15, -0.1) is 0 Å². The van der Waals surface area contributed by atoms with Gasteiger partial charge < -0.3 is 9.73 Å². The van der Waals surface area contributed by atoms with Gasteiger partial charge in [0.15, 0.2) is 5.76 Å². The van der Waals surface area contributed by atoms with E-state index in [1.807, 2.05) is 19.1 Å². The Kier molecular flexibility index (Phi) is 3.35. The van der Waals surface area contributed by atoms with Crippen LogP contribution in [-0.4, -0.2) is 12.5 Å². The lowest BCUT2D eigenvalue weighted by molar-refractivity contribution is 0.0930. The van der Waals surface area contributed by atoms with Crippen LogP contribution in [-0.2, 0) is 0 Å². The van der Waals surface area contributed by atoms with Gasteiger partial charge in [0, 0.05) is 16.4 Å². The Labute approximate surface area is 109 Å². The van der Waals surface area contributed by atoms with Crippen molar-refractivity contribution in [3.8, 4) is 0 Å². The van der Waals surface area contributed by atoms with Crippen molar-refractivity contribution >= 4 is 48.7 Å². The smallest absolute Gasteiger partial charge is 0.287 e. The normalized spacial score (nSPS) is 10.7. The second kappa shape index (κ2) is 4.59. The van der Waals surface area contributed by atoms with Crippen LogP contribution in [0.25, 0.3) is 11.0 Å². The zero-order valence-electron chi connectivity index (χ0n) is 8.51. The number of halogens is 2. The maximum atomic E-state index is 11.6. The van der Waals surface area contributed by atoms with E-state index < -0.39 is 0 Å². The highest BCUT2D eigenvalue weighted by Gasteiger charge is 2.13. The number of rotatable bonds is 2. The molecule has 0 spiro atoms. The Morgan fingerprint density at radius 3 is 2.81 bits per heavy atom. The van der Waals surface area contributed by atoms with Crippen LogP contribution < -0.4 is 5.32 Å². The minimum atomic E-state index is -0.193. The van der Waals surface area contributed by atoms with Gasteiger partial charge in [-0.05, 0) is 41.1 Å². The van der Waals surface area contributed by atoms with Crippen molar-refractivity contribution in [2.24, 2.45) is 0 Å². The first-order valence-electron chi connectivity index (χ1n) is 4.78. The summed E-state index contributed by atoms with van der Waals surface area (Å²) in [6.07, 6.45) is 0. The molecule has 1 N–H and O–H groups in total. The van der Waals surface area contributed by atoms with E-state index >= 15 is 0 Å².